The third kappa shape index (κ3) is 4.31. The number of carbonyl (C=O) groups is 2. The predicted molar refractivity (Wildman–Crippen MR) is 121 cm³/mol. The number of benzene rings is 2. The van der Waals surface area contributed by atoms with Crippen LogP contribution in [0.25, 0.3) is 0 Å². The quantitative estimate of drug-likeness (QED) is 0.775. The Kier molecular flexibility index (Phi) is 5.53. The SMILES string of the molecule is COc1cccc(C(=O)N2CCC3(CC2)CC(CC(=O)NC2CC2)c2ccccc2O3)c1. The van der Waals surface area contributed by atoms with Crippen molar-refractivity contribution >= 4 is 11.8 Å². The van der Waals surface area contributed by atoms with E-state index in [0.717, 1.165) is 43.4 Å². The molecule has 2 heterocycles. The van der Waals surface area contributed by atoms with Gasteiger partial charge in [0.25, 0.3) is 5.91 Å². The minimum atomic E-state index is -0.329. The number of ether oxygens (including phenoxy) is 2. The second-order valence-corrected chi connectivity index (χ2v) is 9.29. The Bertz CT molecular complexity index is 1010. The Hall–Kier alpha value is -3.02. The summed E-state index contributed by atoms with van der Waals surface area (Å²) in [6.07, 6.45) is 5.01. The molecule has 1 unspecified atom stereocenters. The number of piperidine rings is 1. The van der Waals surface area contributed by atoms with Gasteiger partial charge in [-0.1, -0.05) is 24.3 Å². The van der Waals surface area contributed by atoms with Gasteiger partial charge in [-0.2, -0.15) is 0 Å². The van der Waals surface area contributed by atoms with Crippen LogP contribution in [0.2, 0.25) is 0 Å². The van der Waals surface area contributed by atoms with Crippen LogP contribution in [0, 0.1) is 0 Å². The van der Waals surface area contributed by atoms with E-state index >= 15 is 0 Å². The number of hydrogen-bond donors (Lipinski definition) is 1. The Labute approximate surface area is 188 Å². The van der Waals surface area contributed by atoms with Gasteiger partial charge in [0.1, 0.15) is 17.1 Å². The van der Waals surface area contributed by atoms with Crippen molar-refractivity contribution < 1.29 is 19.1 Å². The van der Waals surface area contributed by atoms with Crippen LogP contribution in [0.5, 0.6) is 11.5 Å². The summed E-state index contributed by atoms with van der Waals surface area (Å²) in [4.78, 5) is 27.5. The van der Waals surface area contributed by atoms with Crippen molar-refractivity contribution in [2.45, 2.75) is 56.1 Å². The van der Waals surface area contributed by atoms with E-state index in [4.69, 9.17) is 9.47 Å². The summed E-state index contributed by atoms with van der Waals surface area (Å²) in [6, 6.07) is 15.8. The first-order chi connectivity index (χ1) is 15.5. The molecule has 0 aromatic heterocycles. The van der Waals surface area contributed by atoms with Crippen molar-refractivity contribution in [1.29, 1.82) is 0 Å². The molecule has 2 aliphatic heterocycles. The molecule has 2 aromatic carbocycles. The molecule has 32 heavy (non-hydrogen) atoms. The van der Waals surface area contributed by atoms with Crippen LogP contribution in [0.1, 0.15) is 60.4 Å². The lowest BCUT2D eigenvalue weighted by Crippen LogP contribution is -2.52. The number of methoxy groups -OCH3 is 1. The monoisotopic (exact) mass is 434 g/mol. The highest BCUT2D eigenvalue weighted by atomic mass is 16.5. The van der Waals surface area contributed by atoms with Crippen LogP contribution in [0.3, 0.4) is 0 Å². The second kappa shape index (κ2) is 8.49. The molecule has 0 radical (unpaired) electrons. The van der Waals surface area contributed by atoms with Crippen molar-refractivity contribution in [3.05, 3.63) is 59.7 Å². The molecule has 2 amide bonds. The highest BCUT2D eigenvalue weighted by molar-refractivity contribution is 5.94. The number of nitrogens with one attached hydrogen (secondary N) is 1. The van der Waals surface area contributed by atoms with E-state index in [-0.39, 0.29) is 23.3 Å². The van der Waals surface area contributed by atoms with Crippen LogP contribution in [0.4, 0.5) is 0 Å². The van der Waals surface area contributed by atoms with Crippen LogP contribution in [-0.4, -0.2) is 48.6 Å². The van der Waals surface area contributed by atoms with Gasteiger partial charge in [0.05, 0.1) is 7.11 Å². The molecule has 5 rings (SSSR count). The molecule has 3 aliphatic rings. The van der Waals surface area contributed by atoms with Crippen molar-refractivity contribution in [2.24, 2.45) is 0 Å². The number of fused-ring (bicyclic) bond motifs is 1. The van der Waals surface area contributed by atoms with Crippen molar-refractivity contribution in [2.75, 3.05) is 20.2 Å². The molecule has 1 N–H and O–H groups in total. The van der Waals surface area contributed by atoms with Crippen molar-refractivity contribution in [3.63, 3.8) is 0 Å². The smallest absolute Gasteiger partial charge is 0.253 e. The highest BCUT2D eigenvalue weighted by Crippen LogP contribution is 2.46. The largest absolute Gasteiger partial charge is 0.497 e. The summed E-state index contributed by atoms with van der Waals surface area (Å²) in [7, 11) is 1.60. The van der Waals surface area contributed by atoms with E-state index < -0.39 is 0 Å². The second-order valence-electron chi connectivity index (χ2n) is 9.29. The minimum Gasteiger partial charge on any atom is -0.497 e. The first kappa shape index (κ1) is 20.9. The van der Waals surface area contributed by atoms with Crippen molar-refractivity contribution in [3.8, 4) is 11.5 Å². The topological polar surface area (TPSA) is 67.9 Å². The Morgan fingerprint density at radius 3 is 2.66 bits per heavy atom. The molecule has 2 aromatic rings. The average molecular weight is 435 g/mol. The lowest BCUT2D eigenvalue weighted by Gasteiger charge is -2.47. The fourth-order valence-electron chi connectivity index (χ4n) is 5.03. The van der Waals surface area contributed by atoms with Gasteiger partial charge in [0, 0.05) is 49.9 Å². The molecule has 1 aliphatic carbocycles. The fraction of sp³-hybridized carbons (Fsp3) is 0.462. The van der Waals surface area contributed by atoms with Gasteiger partial charge in [-0.3, -0.25) is 9.59 Å². The lowest BCUT2D eigenvalue weighted by atomic mass is 9.76. The number of amides is 2. The number of para-hydroxylation sites is 1. The highest BCUT2D eigenvalue weighted by Gasteiger charge is 2.44. The van der Waals surface area contributed by atoms with Crippen LogP contribution < -0.4 is 14.8 Å². The maximum atomic E-state index is 13.0. The number of rotatable bonds is 5. The summed E-state index contributed by atoms with van der Waals surface area (Å²) in [5, 5.41) is 3.13. The third-order valence-electron chi connectivity index (χ3n) is 6.96. The molecule has 6 heteroatoms. The number of likely N-dealkylation sites (tertiary alicyclic amines) is 1. The average Bonchev–Trinajstić information content (AvgIpc) is 3.63. The van der Waals surface area contributed by atoms with Gasteiger partial charge in [0.15, 0.2) is 0 Å². The van der Waals surface area contributed by atoms with Crippen LogP contribution in [-0.2, 0) is 4.79 Å². The molecule has 1 spiro atoms. The molecule has 168 valence electrons. The lowest BCUT2D eigenvalue weighted by molar-refractivity contribution is -0.122. The van der Waals surface area contributed by atoms with Gasteiger partial charge in [0.2, 0.25) is 5.91 Å². The molecular formula is C26H30N2O4. The third-order valence-corrected chi connectivity index (χ3v) is 6.96. The fourth-order valence-corrected chi connectivity index (χ4v) is 5.03. The first-order valence-electron chi connectivity index (χ1n) is 11.6. The summed E-state index contributed by atoms with van der Waals surface area (Å²) in [6.45, 7) is 1.28. The van der Waals surface area contributed by atoms with Gasteiger partial charge in [-0.05, 0) is 49.1 Å². The van der Waals surface area contributed by atoms with E-state index in [1.807, 2.05) is 41.3 Å². The van der Waals surface area contributed by atoms with E-state index in [1.54, 1.807) is 13.2 Å². The summed E-state index contributed by atoms with van der Waals surface area (Å²) >= 11 is 0. The summed E-state index contributed by atoms with van der Waals surface area (Å²) in [5.41, 5.74) is 1.44. The molecule has 1 saturated heterocycles. The summed E-state index contributed by atoms with van der Waals surface area (Å²) in [5.74, 6) is 1.86. The predicted octanol–water partition coefficient (Wildman–Crippen LogP) is 3.91. The van der Waals surface area contributed by atoms with E-state index in [2.05, 4.69) is 11.4 Å². The molecule has 2 fully saturated rings. The standard InChI is InChI=1S/C26H30N2O4/c1-31-21-6-4-5-18(15-21)25(30)28-13-11-26(12-14-28)17-19(16-24(29)27-20-9-10-20)22-7-2-3-8-23(22)32-26/h2-8,15,19-20H,9-14,16-17H2,1H3,(H,27,29). The molecule has 6 nitrogen and oxygen atoms in total. The van der Waals surface area contributed by atoms with E-state index in [0.29, 0.717) is 36.9 Å². The molecule has 1 atom stereocenters. The van der Waals surface area contributed by atoms with Gasteiger partial charge >= 0.3 is 0 Å². The maximum absolute atomic E-state index is 13.0. The zero-order valence-corrected chi connectivity index (χ0v) is 18.5. The zero-order valence-electron chi connectivity index (χ0n) is 18.5. The Morgan fingerprint density at radius 1 is 1.12 bits per heavy atom. The summed E-state index contributed by atoms with van der Waals surface area (Å²) < 4.78 is 11.8. The van der Waals surface area contributed by atoms with E-state index in [1.165, 1.54) is 0 Å². The zero-order chi connectivity index (χ0) is 22.1. The number of nitrogens with zero attached hydrogens (tertiary/aromatic N) is 1. The minimum absolute atomic E-state index is 0.0234. The van der Waals surface area contributed by atoms with Crippen LogP contribution in [0.15, 0.2) is 48.5 Å². The maximum Gasteiger partial charge on any atom is 0.253 e. The van der Waals surface area contributed by atoms with E-state index in [9.17, 15) is 9.59 Å². The van der Waals surface area contributed by atoms with Crippen LogP contribution >= 0.6 is 0 Å². The van der Waals surface area contributed by atoms with Crippen molar-refractivity contribution in [1.82, 2.24) is 10.2 Å². The first-order valence-corrected chi connectivity index (χ1v) is 11.6. The Balaban J connectivity index is 1.29. The molecular weight excluding hydrogens is 404 g/mol. The molecule has 0 bridgehead atoms. The van der Waals surface area contributed by atoms with Gasteiger partial charge < -0.3 is 19.7 Å². The van der Waals surface area contributed by atoms with Gasteiger partial charge in [-0.15, -0.1) is 0 Å². The normalized spacial score (nSPS) is 21.4. The number of hydrogen-bond acceptors (Lipinski definition) is 4. The Morgan fingerprint density at radius 2 is 1.91 bits per heavy atom. The molecule has 1 saturated carbocycles. The van der Waals surface area contributed by atoms with Gasteiger partial charge in [-0.25, -0.2) is 0 Å². The number of carbonyl (C=O) groups excluding carboxylic acids is 2.